The summed E-state index contributed by atoms with van der Waals surface area (Å²) in [5.74, 6) is -0.993. The van der Waals surface area contributed by atoms with Crippen LogP contribution in [0, 0.1) is 11.3 Å². The fourth-order valence-corrected chi connectivity index (χ4v) is 2.30. The second kappa shape index (κ2) is 6.53. The minimum absolute atomic E-state index is 0.649. The van der Waals surface area contributed by atoms with E-state index in [9.17, 15) is 10.1 Å². The molecule has 0 spiro atoms. The maximum Gasteiger partial charge on any atom is 0.328 e. The van der Waals surface area contributed by atoms with Crippen LogP contribution in [0.25, 0.3) is 17.2 Å². The Morgan fingerprint density at radius 1 is 1.19 bits per heavy atom. The lowest BCUT2D eigenvalue weighted by atomic mass is 9.92. The van der Waals surface area contributed by atoms with Gasteiger partial charge in [-0.05, 0) is 29.2 Å². The van der Waals surface area contributed by atoms with Crippen LogP contribution in [0.15, 0.2) is 48.5 Å². The number of rotatable bonds is 4. The number of hydrogen-bond acceptors (Lipinski definition) is 2. The summed E-state index contributed by atoms with van der Waals surface area (Å²) in [7, 11) is 0. The van der Waals surface area contributed by atoms with Gasteiger partial charge in [-0.2, -0.15) is 5.26 Å². The van der Waals surface area contributed by atoms with Crippen LogP contribution in [0.4, 0.5) is 0 Å². The maximum absolute atomic E-state index is 10.7. The highest BCUT2D eigenvalue weighted by Gasteiger charge is 2.11. The van der Waals surface area contributed by atoms with Gasteiger partial charge in [0.1, 0.15) is 6.07 Å². The molecule has 3 heteroatoms. The molecular weight excluding hydrogens is 262 g/mol. The second-order valence-electron chi connectivity index (χ2n) is 4.56. The van der Waals surface area contributed by atoms with Gasteiger partial charge in [0.15, 0.2) is 0 Å². The molecule has 1 N–H and O–H groups in total. The molecule has 2 aromatic carbocycles. The average molecular weight is 277 g/mol. The van der Waals surface area contributed by atoms with E-state index < -0.39 is 5.97 Å². The highest BCUT2D eigenvalue weighted by Crippen LogP contribution is 2.29. The van der Waals surface area contributed by atoms with Crippen molar-refractivity contribution >= 4 is 12.0 Å². The minimum Gasteiger partial charge on any atom is -0.478 e. The Bertz CT molecular complexity index is 739. The molecule has 2 aromatic rings. The predicted octanol–water partition coefficient (Wildman–Crippen LogP) is 3.89. The Hall–Kier alpha value is -2.86. The van der Waals surface area contributed by atoms with E-state index in [1.807, 2.05) is 49.4 Å². The summed E-state index contributed by atoms with van der Waals surface area (Å²) in [5, 5.41) is 18.2. The molecule has 104 valence electrons. The van der Waals surface area contributed by atoms with Gasteiger partial charge in [-0.15, -0.1) is 0 Å². The average Bonchev–Trinajstić information content (AvgIpc) is 2.52. The van der Waals surface area contributed by atoms with Gasteiger partial charge in [0.2, 0.25) is 0 Å². The van der Waals surface area contributed by atoms with Crippen molar-refractivity contribution in [1.82, 2.24) is 0 Å². The number of nitrogens with zero attached hydrogens (tertiary/aromatic N) is 1. The lowest BCUT2D eigenvalue weighted by Gasteiger charge is -2.11. The summed E-state index contributed by atoms with van der Waals surface area (Å²) >= 11 is 0. The highest BCUT2D eigenvalue weighted by molar-refractivity contribution is 5.88. The number of aliphatic carboxylic acids is 1. The first kappa shape index (κ1) is 14.5. The fourth-order valence-electron chi connectivity index (χ4n) is 2.30. The van der Waals surface area contributed by atoms with Crippen LogP contribution in [-0.4, -0.2) is 11.1 Å². The van der Waals surface area contributed by atoms with E-state index >= 15 is 0 Å². The predicted molar refractivity (Wildman–Crippen MR) is 82.6 cm³/mol. The van der Waals surface area contributed by atoms with E-state index in [4.69, 9.17) is 5.11 Å². The number of carboxylic acids is 1. The Balaban J connectivity index is 2.63. The molecule has 21 heavy (non-hydrogen) atoms. The topological polar surface area (TPSA) is 61.1 Å². The zero-order valence-corrected chi connectivity index (χ0v) is 11.7. The first-order valence-electron chi connectivity index (χ1n) is 6.69. The fraction of sp³-hybridized carbons (Fsp3) is 0.111. The Morgan fingerprint density at radius 2 is 1.90 bits per heavy atom. The SMILES string of the molecule is CCc1cccc(-c2ccccc2C=CC(=O)O)c1C#N. The summed E-state index contributed by atoms with van der Waals surface area (Å²) in [4.78, 5) is 10.7. The van der Waals surface area contributed by atoms with E-state index in [1.165, 1.54) is 0 Å². The lowest BCUT2D eigenvalue weighted by Crippen LogP contribution is -1.94. The second-order valence-corrected chi connectivity index (χ2v) is 4.56. The first-order valence-corrected chi connectivity index (χ1v) is 6.69. The molecule has 0 aliphatic heterocycles. The molecule has 3 nitrogen and oxygen atoms in total. The van der Waals surface area contributed by atoms with Gasteiger partial charge >= 0.3 is 5.97 Å². The summed E-state index contributed by atoms with van der Waals surface area (Å²) in [6, 6.07) is 15.5. The van der Waals surface area contributed by atoms with Crippen molar-refractivity contribution in [2.45, 2.75) is 13.3 Å². The van der Waals surface area contributed by atoms with Crippen LogP contribution in [0.2, 0.25) is 0 Å². The maximum atomic E-state index is 10.7. The van der Waals surface area contributed by atoms with E-state index in [-0.39, 0.29) is 0 Å². The normalized spacial score (nSPS) is 10.5. The van der Waals surface area contributed by atoms with E-state index in [2.05, 4.69) is 6.07 Å². The number of aryl methyl sites for hydroxylation is 1. The van der Waals surface area contributed by atoms with Crippen molar-refractivity contribution in [3.05, 3.63) is 65.2 Å². The molecule has 0 saturated heterocycles. The van der Waals surface area contributed by atoms with E-state index in [0.717, 1.165) is 34.8 Å². The van der Waals surface area contributed by atoms with Gasteiger partial charge in [0.25, 0.3) is 0 Å². The van der Waals surface area contributed by atoms with Crippen LogP contribution in [0.3, 0.4) is 0 Å². The number of carbonyl (C=O) groups is 1. The van der Waals surface area contributed by atoms with Gasteiger partial charge in [-0.1, -0.05) is 49.4 Å². The van der Waals surface area contributed by atoms with Gasteiger partial charge in [0.05, 0.1) is 5.56 Å². The largest absolute Gasteiger partial charge is 0.478 e. The van der Waals surface area contributed by atoms with Gasteiger partial charge in [-0.25, -0.2) is 4.79 Å². The molecule has 0 fully saturated rings. The standard InChI is InChI=1S/C18H15NO2/c1-2-13-7-5-9-16(17(13)12-19)15-8-4-3-6-14(15)10-11-18(20)21/h3-11H,2H2,1H3,(H,20,21). The van der Waals surface area contributed by atoms with Gasteiger partial charge in [-0.3, -0.25) is 0 Å². The number of benzene rings is 2. The molecule has 0 aliphatic carbocycles. The molecule has 0 heterocycles. The number of hydrogen-bond donors (Lipinski definition) is 1. The Labute approximate surface area is 123 Å². The monoisotopic (exact) mass is 277 g/mol. The highest BCUT2D eigenvalue weighted by atomic mass is 16.4. The molecule has 0 atom stereocenters. The zero-order valence-electron chi connectivity index (χ0n) is 11.7. The van der Waals surface area contributed by atoms with Crippen LogP contribution in [-0.2, 0) is 11.2 Å². The van der Waals surface area contributed by atoms with Gasteiger partial charge < -0.3 is 5.11 Å². The summed E-state index contributed by atoms with van der Waals surface area (Å²) in [6.45, 7) is 2.01. The van der Waals surface area contributed by atoms with Crippen LogP contribution < -0.4 is 0 Å². The molecule has 0 aromatic heterocycles. The van der Waals surface area contributed by atoms with Crippen molar-refractivity contribution in [3.8, 4) is 17.2 Å². The van der Waals surface area contributed by atoms with Crippen LogP contribution in [0.5, 0.6) is 0 Å². The molecular formula is C18H15NO2. The van der Waals surface area contributed by atoms with Crippen molar-refractivity contribution < 1.29 is 9.90 Å². The zero-order chi connectivity index (χ0) is 15.2. The quantitative estimate of drug-likeness (QED) is 0.862. The Morgan fingerprint density at radius 3 is 2.57 bits per heavy atom. The summed E-state index contributed by atoms with van der Waals surface area (Å²) in [6.07, 6.45) is 3.44. The van der Waals surface area contributed by atoms with E-state index in [1.54, 1.807) is 6.08 Å². The Kier molecular flexibility index (Phi) is 4.53. The van der Waals surface area contributed by atoms with Crippen molar-refractivity contribution in [2.24, 2.45) is 0 Å². The van der Waals surface area contributed by atoms with Crippen molar-refractivity contribution in [1.29, 1.82) is 5.26 Å². The van der Waals surface area contributed by atoms with Crippen molar-refractivity contribution in [2.75, 3.05) is 0 Å². The molecule has 0 aliphatic rings. The molecule has 0 amide bonds. The third kappa shape index (κ3) is 3.18. The molecule has 0 unspecified atom stereocenters. The minimum atomic E-state index is -0.993. The number of nitriles is 1. The summed E-state index contributed by atoms with van der Waals surface area (Å²) < 4.78 is 0. The van der Waals surface area contributed by atoms with Crippen molar-refractivity contribution in [3.63, 3.8) is 0 Å². The third-order valence-electron chi connectivity index (χ3n) is 3.30. The molecule has 2 rings (SSSR count). The smallest absolute Gasteiger partial charge is 0.328 e. The van der Waals surface area contributed by atoms with Gasteiger partial charge in [0, 0.05) is 11.6 Å². The third-order valence-corrected chi connectivity index (χ3v) is 3.30. The van der Waals surface area contributed by atoms with E-state index in [0.29, 0.717) is 5.56 Å². The number of carboxylic acid groups (broad SMARTS) is 1. The molecule has 0 saturated carbocycles. The lowest BCUT2D eigenvalue weighted by molar-refractivity contribution is -0.131. The molecule has 0 bridgehead atoms. The molecule has 0 radical (unpaired) electrons. The summed E-state index contributed by atoms with van der Waals surface area (Å²) in [5.41, 5.74) is 4.12. The van der Waals surface area contributed by atoms with Crippen LogP contribution >= 0.6 is 0 Å². The first-order chi connectivity index (χ1) is 10.2. The van der Waals surface area contributed by atoms with Crippen LogP contribution in [0.1, 0.15) is 23.6 Å².